The molecule has 0 bridgehead atoms. The summed E-state index contributed by atoms with van der Waals surface area (Å²) in [5.74, 6) is 2.24. The predicted molar refractivity (Wildman–Crippen MR) is 52.9 cm³/mol. The molecule has 1 aliphatic carbocycles. The first-order valence-electron chi connectivity index (χ1n) is 4.55. The van der Waals surface area contributed by atoms with Crippen molar-refractivity contribution in [2.45, 2.75) is 44.4 Å². The first kappa shape index (κ1) is 9.40. The molecule has 1 rings (SSSR count). The Labute approximate surface area is 74.1 Å². The molecule has 0 radical (unpaired) electrons. The van der Waals surface area contributed by atoms with Crippen LogP contribution in [0.1, 0.15) is 33.1 Å². The van der Waals surface area contributed by atoms with Gasteiger partial charge in [-0.2, -0.15) is 11.8 Å². The fourth-order valence-electron chi connectivity index (χ4n) is 1.59. The molecule has 2 atom stereocenters. The smallest absolute Gasteiger partial charge is 0.00418 e. The third-order valence-corrected chi connectivity index (χ3v) is 3.58. The molecule has 1 nitrogen and oxygen atoms in total. The molecule has 66 valence electrons. The van der Waals surface area contributed by atoms with Crippen molar-refractivity contribution in [3.8, 4) is 0 Å². The summed E-state index contributed by atoms with van der Waals surface area (Å²) >= 11 is 2.07. The molecule has 0 aromatic rings. The highest BCUT2D eigenvalue weighted by atomic mass is 32.2. The van der Waals surface area contributed by atoms with Crippen molar-refractivity contribution in [1.82, 2.24) is 0 Å². The van der Waals surface area contributed by atoms with Crippen LogP contribution in [0.4, 0.5) is 0 Å². The van der Waals surface area contributed by atoms with Gasteiger partial charge in [-0.05, 0) is 36.2 Å². The van der Waals surface area contributed by atoms with Gasteiger partial charge in [-0.1, -0.05) is 13.8 Å². The van der Waals surface area contributed by atoms with Crippen LogP contribution < -0.4 is 5.73 Å². The van der Waals surface area contributed by atoms with E-state index in [1.807, 2.05) is 0 Å². The van der Waals surface area contributed by atoms with Gasteiger partial charge in [0.2, 0.25) is 0 Å². The molecule has 11 heavy (non-hydrogen) atoms. The van der Waals surface area contributed by atoms with E-state index in [0.29, 0.717) is 6.04 Å². The minimum absolute atomic E-state index is 0.507. The molecule has 0 unspecified atom stereocenters. The summed E-state index contributed by atoms with van der Waals surface area (Å²) < 4.78 is 0. The second-order valence-electron chi connectivity index (χ2n) is 3.82. The molecule has 1 saturated carbocycles. The molecule has 0 amide bonds. The van der Waals surface area contributed by atoms with Gasteiger partial charge in [-0.3, -0.25) is 0 Å². The minimum atomic E-state index is 0.507. The van der Waals surface area contributed by atoms with Gasteiger partial charge in [-0.25, -0.2) is 0 Å². The Morgan fingerprint density at radius 2 is 2.18 bits per heavy atom. The number of rotatable bonds is 3. The summed E-state index contributed by atoms with van der Waals surface area (Å²) in [7, 11) is 0. The zero-order valence-corrected chi connectivity index (χ0v) is 8.36. The normalized spacial score (nSPS) is 31.6. The predicted octanol–water partition coefficient (Wildman–Crippen LogP) is 2.26. The summed E-state index contributed by atoms with van der Waals surface area (Å²) in [6, 6.07) is 0.507. The molecule has 0 aliphatic heterocycles. The van der Waals surface area contributed by atoms with Crippen molar-refractivity contribution in [2.24, 2.45) is 11.7 Å². The number of hydrogen-bond donors (Lipinski definition) is 1. The highest BCUT2D eigenvalue weighted by Gasteiger charge is 2.21. The third-order valence-electron chi connectivity index (χ3n) is 2.25. The molecule has 0 aromatic heterocycles. The fraction of sp³-hybridized carbons (Fsp3) is 1.00. The van der Waals surface area contributed by atoms with Crippen molar-refractivity contribution in [2.75, 3.05) is 5.75 Å². The lowest BCUT2D eigenvalue weighted by atomic mass is 10.1. The van der Waals surface area contributed by atoms with Crippen LogP contribution in [0.25, 0.3) is 0 Å². The van der Waals surface area contributed by atoms with Gasteiger partial charge in [0.05, 0.1) is 0 Å². The van der Waals surface area contributed by atoms with Crippen LogP contribution in [0, 0.1) is 5.92 Å². The van der Waals surface area contributed by atoms with Gasteiger partial charge in [-0.15, -0.1) is 0 Å². The Morgan fingerprint density at radius 1 is 1.45 bits per heavy atom. The van der Waals surface area contributed by atoms with Crippen LogP contribution in [0.3, 0.4) is 0 Å². The summed E-state index contributed by atoms with van der Waals surface area (Å²) in [5, 5.41) is 0.784. The van der Waals surface area contributed by atoms with E-state index in [1.165, 1.54) is 25.0 Å². The summed E-state index contributed by atoms with van der Waals surface area (Å²) in [6.45, 7) is 4.53. The van der Waals surface area contributed by atoms with Crippen molar-refractivity contribution in [3.05, 3.63) is 0 Å². The van der Waals surface area contributed by atoms with Crippen LogP contribution in [0.5, 0.6) is 0 Å². The zero-order chi connectivity index (χ0) is 8.27. The lowest BCUT2D eigenvalue weighted by molar-refractivity contribution is 0.603. The van der Waals surface area contributed by atoms with Crippen molar-refractivity contribution >= 4 is 11.8 Å². The van der Waals surface area contributed by atoms with E-state index in [9.17, 15) is 0 Å². The highest BCUT2D eigenvalue weighted by Crippen LogP contribution is 2.28. The van der Waals surface area contributed by atoms with Gasteiger partial charge in [0, 0.05) is 6.04 Å². The van der Waals surface area contributed by atoms with Crippen molar-refractivity contribution in [1.29, 1.82) is 0 Å². The summed E-state index contributed by atoms with van der Waals surface area (Å²) in [5.41, 5.74) is 5.82. The molecule has 2 N–H and O–H groups in total. The first-order valence-corrected chi connectivity index (χ1v) is 5.60. The molecular weight excluding hydrogens is 154 g/mol. The average molecular weight is 173 g/mol. The monoisotopic (exact) mass is 173 g/mol. The fourth-order valence-corrected chi connectivity index (χ4v) is 2.55. The lowest BCUT2D eigenvalue weighted by Gasteiger charge is -2.10. The number of nitrogens with two attached hydrogens (primary N) is 1. The maximum atomic E-state index is 5.82. The van der Waals surface area contributed by atoms with E-state index in [0.717, 1.165) is 11.2 Å². The Hall–Kier alpha value is 0.310. The van der Waals surface area contributed by atoms with E-state index < -0.39 is 0 Å². The molecule has 1 aliphatic rings. The summed E-state index contributed by atoms with van der Waals surface area (Å²) in [4.78, 5) is 0. The van der Waals surface area contributed by atoms with Crippen LogP contribution in [-0.2, 0) is 0 Å². The topological polar surface area (TPSA) is 26.0 Å². The SMILES string of the molecule is CC(C)SC[C@@H]1CC[C@H](N)C1. The molecule has 2 heteroatoms. The van der Waals surface area contributed by atoms with E-state index in [2.05, 4.69) is 25.6 Å². The van der Waals surface area contributed by atoms with Crippen LogP contribution in [0.2, 0.25) is 0 Å². The van der Waals surface area contributed by atoms with Crippen molar-refractivity contribution < 1.29 is 0 Å². The molecule has 0 aromatic carbocycles. The van der Waals surface area contributed by atoms with Crippen LogP contribution in [0.15, 0.2) is 0 Å². The molecule has 1 fully saturated rings. The molecule has 0 saturated heterocycles. The van der Waals surface area contributed by atoms with E-state index >= 15 is 0 Å². The maximum absolute atomic E-state index is 5.82. The molecule has 0 spiro atoms. The van der Waals surface area contributed by atoms with Gasteiger partial charge in [0.15, 0.2) is 0 Å². The Morgan fingerprint density at radius 3 is 2.64 bits per heavy atom. The lowest BCUT2D eigenvalue weighted by Crippen LogP contribution is -2.15. The largest absolute Gasteiger partial charge is 0.328 e. The Bertz CT molecular complexity index is 114. The van der Waals surface area contributed by atoms with Crippen LogP contribution >= 0.6 is 11.8 Å². The number of hydrogen-bond acceptors (Lipinski definition) is 2. The first-order chi connectivity index (χ1) is 5.18. The van der Waals surface area contributed by atoms with Crippen molar-refractivity contribution in [3.63, 3.8) is 0 Å². The molecule has 0 heterocycles. The van der Waals surface area contributed by atoms with Gasteiger partial charge in [0.1, 0.15) is 0 Å². The quantitative estimate of drug-likeness (QED) is 0.708. The second kappa shape index (κ2) is 4.36. The van der Waals surface area contributed by atoms with Gasteiger partial charge >= 0.3 is 0 Å². The highest BCUT2D eigenvalue weighted by molar-refractivity contribution is 7.99. The standard InChI is InChI=1S/C9H19NS/c1-7(2)11-6-8-3-4-9(10)5-8/h7-9H,3-6,10H2,1-2H3/t8-,9+/m1/s1. The molecular formula is C9H19NS. The number of thioether (sulfide) groups is 1. The van der Waals surface area contributed by atoms with Gasteiger partial charge in [0.25, 0.3) is 0 Å². The average Bonchev–Trinajstić information content (AvgIpc) is 2.31. The minimum Gasteiger partial charge on any atom is -0.328 e. The Balaban J connectivity index is 2.08. The Kier molecular flexibility index (Phi) is 3.73. The van der Waals surface area contributed by atoms with Crippen LogP contribution in [-0.4, -0.2) is 17.0 Å². The van der Waals surface area contributed by atoms with E-state index in [-0.39, 0.29) is 0 Å². The van der Waals surface area contributed by atoms with E-state index in [4.69, 9.17) is 5.73 Å². The van der Waals surface area contributed by atoms with Gasteiger partial charge < -0.3 is 5.73 Å². The van der Waals surface area contributed by atoms with E-state index in [1.54, 1.807) is 0 Å². The second-order valence-corrected chi connectivity index (χ2v) is 5.43. The summed E-state index contributed by atoms with van der Waals surface area (Å²) in [6.07, 6.45) is 3.88. The third kappa shape index (κ3) is 3.48. The maximum Gasteiger partial charge on any atom is 0.00418 e. The zero-order valence-electron chi connectivity index (χ0n) is 7.55.